The fourth-order valence-electron chi connectivity index (χ4n) is 2.93. The first-order valence-electron chi connectivity index (χ1n) is 10.0. The van der Waals surface area contributed by atoms with Gasteiger partial charge in [0.15, 0.2) is 0 Å². The third kappa shape index (κ3) is 6.15. The van der Waals surface area contributed by atoms with E-state index in [1.54, 1.807) is 24.3 Å². The van der Waals surface area contributed by atoms with E-state index in [1.807, 2.05) is 45.0 Å². The largest absolute Gasteiger partial charge is 0.457 e. The minimum absolute atomic E-state index is 0.145. The van der Waals surface area contributed by atoms with Crippen LogP contribution in [-0.4, -0.2) is 17.9 Å². The highest BCUT2D eigenvalue weighted by Crippen LogP contribution is 2.23. The van der Waals surface area contributed by atoms with E-state index in [4.69, 9.17) is 4.74 Å². The SMILES string of the molecule is Cc1ccc(Oc2ccc(NC(=O)[C@@H](NC(=O)c3ccc(F)cc3)C(C)C)cc2)cc1. The summed E-state index contributed by atoms with van der Waals surface area (Å²) in [5.41, 5.74) is 2.03. The third-order valence-corrected chi connectivity index (χ3v) is 4.72. The van der Waals surface area contributed by atoms with E-state index in [0.717, 1.165) is 11.3 Å². The number of amides is 2. The van der Waals surface area contributed by atoms with Gasteiger partial charge in [0.25, 0.3) is 5.91 Å². The van der Waals surface area contributed by atoms with Crippen molar-refractivity contribution < 1.29 is 18.7 Å². The van der Waals surface area contributed by atoms with Crippen molar-refractivity contribution in [2.75, 3.05) is 5.32 Å². The van der Waals surface area contributed by atoms with Gasteiger partial charge in [-0.25, -0.2) is 4.39 Å². The number of hydrogen-bond acceptors (Lipinski definition) is 3. The van der Waals surface area contributed by atoms with E-state index in [1.165, 1.54) is 24.3 Å². The number of halogens is 1. The van der Waals surface area contributed by atoms with Crippen LogP contribution in [0.4, 0.5) is 10.1 Å². The van der Waals surface area contributed by atoms with E-state index in [-0.39, 0.29) is 17.4 Å². The van der Waals surface area contributed by atoms with E-state index in [0.29, 0.717) is 11.4 Å². The molecule has 5 nitrogen and oxygen atoms in total. The molecule has 0 radical (unpaired) electrons. The van der Waals surface area contributed by atoms with Crippen LogP contribution in [0.3, 0.4) is 0 Å². The number of benzene rings is 3. The Bertz CT molecular complexity index is 1030. The molecular weight excluding hydrogens is 395 g/mol. The van der Waals surface area contributed by atoms with Crippen molar-refractivity contribution in [3.05, 3.63) is 89.7 Å². The summed E-state index contributed by atoms with van der Waals surface area (Å²) in [6, 6.07) is 19.1. The number of rotatable bonds is 7. The summed E-state index contributed by atoms with van der Waals surface area (Å²) in [4.78, 5) is 25.2. The fourth-order valence-corrected chi connectivity index (χ4v) is 2.93. The van der Waals surface area contributed by atoms with Gasteiger partial charge in [0.2, 0.25) is 5.91 Å². The average Bonchev–Trinajstić information content (AvgIpc) is 2.75. The molecule has 3 aromatic rings. The zero-order chi connectivity index (χ0) is 22.4. The molecule has 0 bridgehead atoms. The molecule has 2 amide bonds. The molecule has 0 aliphatic carbocycles. The van der Waals surface area contributed by atoms with Gasteiger partial charge in [0.1, 0.15) is 23.4 Å². The first-order chi connectivity index (χ1) is 14.8. The second kappa shape index (κ2) is 9.89. The van der Waals surface area contributed by atoms with Crippen molar-refractivity contribution >= 4 is 17.5 Å². The lowest BCUT2D eigenvalue weighted by atomic mass is 10.0. The summed E-state index contributed by atoms with van der Waals surface area (Å²) in [5, 5.41) is 5.54. The summed E-state index contributed by atoms with van der Waals surface area (Å²) in [6.45, 7) is 5.69. The van der Waals surface area contributed by atoms with Crippen LogP contribution in [0.25, 0.3) is 0 Å². The van der Waals surface area contributed by atoms with Crippen LogP contribution in [0.2, 0.25) is 0 Å². The summed E-state index contributed by atoms with van der Waals surface area (Å²) >= 11 is 0. The van der Waals surface area contributed by atoms with E-state index < -0.39 is 17.8 Å². The van der Waals surface area contributed by atoms with Crippen molar-refractivity contribution in [2.24, 2.45) is 5.92 Å². The van der Waals surface area contributed by atoms with Gasteiger partial charge in [-0.15, -0.1) is 0 Å². The van der Waals surface area contributed by atoms with Gasteiger partial charge in [-0.1, -0.05) is 31.5 Å². The molecule has 6 heteroatoms. The number of aryl methyl sites for hydroxylation is 1. The Morgan fingerprint density at radius 3 is 1.94 bits per heavy atom. The van der Waals surface area contributed by atoms with Crippen LogP contribution in [-0.2, 0) is 4.79 Å². The zero-order valence-electron chi connectivity index (χ0n) is 17.7. The quantitative estimate of drug-likeness (QED) is 0.544. The predicted octanol–water partition coefficient (Wildman–Crippen LogP) is 5.32. The highest BCUT2D eigenvalue weighted by Gasteiger charge is 2.24. The Morgan fingerprint density at radius 1 is 0.839 bits per heavy atom. The maximum Gasteiger partial charge on any atom is 0.251 e. The minimum Gasteiger partial charge on any atom is -0.457 e. The van der Waals surface area contributed by atoms with Gasteiger partial charge >= 0.3 is 0 Å². The van der Waals surface area contributed by atoms with Crippen LogP contribution in [0.15, 0.2) is 72.8 Å². The maximum atomic E-state index is 13.1. The Morgan fingerprint density at radius 2 is 1.39 bits per heavy atom. The van der Waals surface area contributed by atoms with Crippen molar-refractivity contribution in [1.29, 1.82) is 0 Å². The van der Waals surface area contributed by atoms with Crippen molar-refractivity contribution in [2.45, 2.75) is 26.8 Å². The number of carbonyl (C=O) groups is 2. The molecule has 3 aromatic carbocycles. The number of carbonyl (C=O) groups excluding carboxylic acids is 2. The molecule has 0 heterocycles. The van der Waals surface area contributed by atoms with E-state index in [2.05, 4.69) is 10.6 Å². The van der Waals surface area contributed by atoms with Gasteiger partial charge in [0, 0.05) is 11.3 Å². The Hall–Kier alpha value is -3.67. The predicted molar refractivity (Wildman–Crippen MR) is 119 cm³/mol. The Kier molecular flexibility index (Phi) is 7.03. The molecule has 2 N–H and O–H groups in total. The van der Waals surface area contributed by atoms with Crippen molar-refractivity contribution in [3.8, 4) is 11.5 Å². The van der Waals surface area contributed by atoms with Crippen LogP contribution in [0, 0.1) is 18.7 Å². The molecule has 0 aromatic heterocycles. The topological polar surface area (TPSA) is 67.4 Å². The summed E-state index contributed by atoms with van der Waals surface area (Å²) in [5.74, 6) is 0.0315. The van der Waals surface area contributed by atoms with Crippen LogP contribution < -0.4 is 15.4 Å². The lowest BCUT2D eigenvalue weighted by Crippen LogP contribution is -2.47. The molecule has 3 rings (SSSR count). The molecule has 0 saturated carbocycles. The van der Waals surface area contributed by atoms with Gasteiger partial charge in [-0.3, -0.25) is 9.59 Å². The lowest BCUT2D eigenvalue weighted by molar-refractivity contribution is -0.118. The highest BCUT2D eigenvalue weighted by molar-refractivity contribution is 6.01. The number of anilines is 1. The van der Waals surface area contributed by atoms with Gasteiger partial charge in [-0.05, 0) is 73.5 Å². The second-order valence-electron chi connectivity index (χ2n) is 7.63. The molecule has 1 atom stereocenters. The molecule has 0 fully saturated rings. The Labute approximate surface area is 181 Å². The standard InChI is InChI=1S/C25H25FN2O3/c1-16(2)23(28-24(29)18-6-8-19(26)9-7-18)25(30)27-20-10-14-22(15-11-20)31-21-12-4-17(3)5-13-21/h4-16,23H,1-3H3,(H,27,30)(H,28,29)/t23-/m0/s1. The lowest BCUT2D eigenvalue weighted by Gasteiger charge is -2.22. The third-order valence-electron chi connectivity index (χ3n) is 4.72. The molecule has 0 aliphatic heterocycles. The molecule has 0 unspecified atom stereocenters. The smallest absolute Gasteiger partial charge is 0.251 e. The monoisotopic (exact) mass is 420 g/mol. The first kappa shape index (κ1) is 22.0. The number of nitrogens with one attached hydrogen (secondary N) is 2. The molecule has 0 saturated heterocycles. The normalized spacial score (nSPS) is 11.6. The van der Waals surface area contributed by atoms with Gasteiger partial charge < -0.3 is 15.4 Å². The molecule has 160 valence electrons. The summed E-state index contributed by atoms with van der Waals surface area (Å²) < 4.78 is 18.9. The number of ether oxygens (including phenoxy) is 1. The second-order valence-corrected chi connectivity index (χ2v) is 7.63. The molecular formula is C25H25FN2O3. The summed E-state index contributed by atoms with van der Waals surface area (Å²) in [7, 11) is 0. The van der Waals surface area contributed by atoms with Crippen LogP contribution in [0.1, 0.15) is 29.8 Å². The van der Waals surface area contributed by atoms with Gasteiger partial charge in [-0.2, -0.15) is 0 Å². The van der Waals surface area contributed by atoms with Crippen LogP contribution in [0.5, 0.6) is 11.5 Å². The van der Waals surface area contributed by atoms with Crippen molar-refractivity contribution in [3.63, 3.8) is 0 Å². The minimum atomic E-state index is -0.749. The number of hydrogen-bond donors (Lipinski definition) is 2. The molecule has 0 aliphatic rings. The highest BCUT2D eigenvalue weighted by atomic mass is 19.1. The maximum absolute atomic E-state index is 13.1. The van der Waals surface area contributed by atoms with Crippen molar-refractivity contribution in [1.82, 2.24) is 5.32 Å². The fraction of sp³-hybridized carbons (Fsp3) is 0.200. The summed E-state index contributed by atoms with van der Waals surface area (Å²) in [6.07, 6.45) is 0. The first-order valence-corrected chi connectivity index (χ1v) is 10.0. The zero-order valence-corrected chi connectivity index (χ0v) is 17.7. The van der Waals surface area contributed by atoms with Gasteiger partial charge in [0.05, 0.1) is 0 Å². The van der Waals surface area contributed by atoms with E-state index in [9.17, 15) is 14.0 Å². The molecule has 0 spiro atoms. The average molecular weight is 420 g/mol. The van der Waals surface area contributed by atoms with Crippen LogP contribution >= 0.6 is 0 Å². The van der Waals surface area contributed by atoms with E-state index >= 15 is 0 Å². The molecule has 31 heavy (non-hydrogen) atoms. The Balaban J connectivity index is 1.62.